The predicted molar refractivity (Wildman–Crippen MR) is 83.3 cm³/mol. The van der Waals surface area contributed by atoms with Gasteiger partial charge in [0.05, 0.1) is 5.41 Å². The molecule has 0 spiro atoms. The van der Waals surface area contributed by atoms with Crippen LogP contribution in [0.1, 0.15) is 43.4 Å². The maximum absolute atomic E-state index is 12.6. The summed E-state index contributed by atoms with van der Waals surface area (Å²) in [6, 6.07) is 4.03. The molecule has 0 unspecified atom stereocenters. The molecule has 2 saturated heterocycles. The summed E-state index contributed by atoms with van der Waals surface area (Å²) < 4.78 is 0. The lowest BCUT2D eigenvalue weighted by atomic mass is 9.75. The molecule has 2 amide bonds. The minimum atomic E-state index is -0.500. The minimum Gasteiger partial charge on any atom is -0.303 e. The summed E-state index contributed by atoms with van der Waals surface area (Å²) in [6.45, 7) is 3.22. The zero-order valence-electron chi connectivity index (χ0n) is 12.3. The molecule has 0 bridgehead atoms. The van der Waals surface area contributed by atoms with E-state index in [1.807, 2.05) is 17.5 Å². The molecule has 114 valence electrons. The number of likely N-dealkylation sites (tertiary alicyclic amines) is 1. The fourth-order valence-corrected chi connectivity index (χ4v) is 4.41. The number of hydrogen-bond donors (Lipinski definition) is 1. The Morgan fingerprint density at radius 1 is 1.24 bits per heavy atom. The topological polar surface area (TPSA) is 49.4 Å². The fourth-order valence-electron chi connectivity index (χ4n) is 3.43. The molecule has 1 N–H and O–H groups in total. The van der Waals surface area contributed by atoms with Gasteiger partial charge in [-0.25, -0.2) is 0 Å². The molecule has 3 heterocycles. The van der Waals surface area contributed by atoms with E-state index in [0.29, 0.717) is 12.8 Å². The van der Waals surface area contributed by atoms with Crippen LogP contribution in [0.5, 0.6) is 0 Å². The third kappa shape index (κ3) is 3.04. The first-order chi connectivity index (χ1) is 10.2. The number of piperidine rings is 2. The van der Waals surface area contributed by atoms with Crippen molar-refractivity contribution in [3.8, 4) is 0 Å². The van der Waals surface area contributed by atoms with Gasteiger partial charge in [-0.15, -0.1) is 11.3 Å². The lowest BCUT2D eigenvalue weighted by molar-refractivity contribution is -0.138. The first-order valence-corrected chi connectivity index (χ1v) is 8.69. The SMILES string of the molecule is O=C1CC[C@](CCN2CCCCC2)(c2cccs2)C(=O)N1. The lowest BCUT2D eigenvalue weighted by Gasteiger charge is -2.37. The van der Waals surface area contributed by atoms with E-state index in [2.05, 4.69) is 10.2 Å². The average molecular weight is 306 g/mol. The Hall–Kier alpha value is -1.20. The number of nitrogens with zero attached hydrogens (tertiary/aromatic N) is 1. The van der Waals surface area contributed by atoms with E-state index in [9.17, 15) is 9.59 Å². The number of thiophene rings is 1. The highest BCUT2D eigenvalue weighted by atomic mass is 32.1. The normalized spacial score (nSPS) is 27.6. The summed E-state index contributed by atoms with van der Waals surface area (Å²) >= 11 is 1.63. The molecule has 3 rings (SSSR count). The molecule has 0 radical (unpaired) electrons. The summed E-state index contributed by atoms with van der Waals surface area (Å²) in [5, 5.41) is 4.57. The van der Waals surface area contributed by atoms with E-state index >= 15 is 0 Å². The van der Waals surface area contributed by atoms with Gasteiger partial charge in [-0.2, -0.15) is 0 Å². The van der Waals surface area contributed by atoms with E-state index in [1.165, 1.54) is 19.3 Å². The number of imide groups is 1. The molecule has 2 fully saturated rings. The summed E-state index contributed by atoms with van der Waals surface area (Å²) in [5.41, 5.74) is -0.500. The van der Waals surface area contributed by atoms with Crippen LogP contribution < -0.4 is 5.32 Å². The van der Waals surface area contributed by atoms with E-state index < -0.39 is 5.41 Å². The molecule has 4 nitrogen and oxygen atoms in total. The van der Waals surface area contributed by atoms with E-state index in [-0.39, 0.29) is 11.8 Å². The Bertz CT molecular complexity index is 508. The van der Waals surface area contributed by atoms with Crippen molar-refractivity contribution in [1.29, 1.82) is 0 Å². The summed E-state index contributed by atoms with van der Waals surface area (Å²) in [6.07, 6.45) is 5.75. The van der Waals surface area contributed by atoms with Gasteiger partial charge < -0.3 is 4.90 Å². The minimum absolute atomic E-state index is 0.0989. The van der Waals surface area contributed by atoms with Gasteiger partial charge in [-0.05, 0) is 56.8 Å². The van der Waals surface area contributed by atoms with Crippen molar-refractivity contribution in [1.82, 2.24) is 10.2 Å². The van der Waals surface area contributed by atoms with E-state index in [0.717, 1.165) is 30.9 Å². The van der Waals surface area contributed by atoms with Crippen LogP contribution in [0, 0.1) is 0 Å². The van der Waals surface area contributed by atoms with Gasteiger partial charge in [0.15, 0.2) is 0 Å². The third-order valence-corrected chi connectivity index (χ3v) is 5.84. The standard InChI is InChI=1S/C16H22N2O2S/c19-14-6-7-16(15(20)17-14,13-5-4-12-21-13)8-11-18-9-2-1-3-10-18/h4-5,12H,1-3,6-11H2,(H,17,19,20)/t16-/m0/s1. The van der Waals surface area contributed by atoms with Crippen LogP contribution in [-0.2, 0) is 15.0 Å². The molecule has 21 heavy (non-hydrogen) atoms. The molecular formula is C16H22N2O2S. The molecule has 0 aliphatic carbocycles. The fraction of sp³-hybridized carbons (Fsp3) is 0.625. The second kappa shape index (κ2) is 6.28. The lowest BCUT2D eigenvalue weighted by Crippen LogP contribution is -2.52. The molecule has 0 aromatic carbocycles. The maximum Gasteiger partial charge on any atom is 0.238 e. The molecule has 5 heteroatoms. The van der Waals surface area contributed by atoms with Gasteiger partial charge in [-0.1, -0.05) is 12.5 Å². The highest BCUT2D eigenvalue weighted by Crippen LogP contribution is 2.38. The Balaban J connectivity index is 1.76. The van der Waals surface area contributed by atoms with Crippen molar-refractivity contribution in [2.75, 3.05) is 19.6 Å². The highest BCUT2D eigenvalue weighted by Gasteiger charge is 2.44. The van der Waals surface area contributed by atoms with Gasteiger partial charge in [0.2, 0.25) is 11.8 Å². The van der Waals surface area contributed by atoms with Crippen LogP contribution in [0.2, 0.25) is 0 Å². The van der Waals surface area contributed by atoms with Crippen molar-refractivity contribution in [3.63, 3.8) is 0 Å². The van der Waals surface area contributed by atoms with Crippen molar-refractivity contribution < 1.29 is 9.59 Å². The summed E-state index contributed by atoms with van der Waals surface area (Å²) in [7, 11) is 0. The van der Waals surface area contributed by atoms with Crippen molar-refractivity contribution >= 4 is 23.2 Å². The third-order valence-electron chi connectivity index (χ3n) is 4.76. The number of nitrogens with one attached hydrogen (secondary N) is 1. The van der Waals surface area contributed by atoms with Gasteiger partial charge in [0, 0.05) is 11.3 Å². The first kappa shape index (κ1) is 14.7. The smallest absolute Gasteiger partial charge is 0.238 e. The maximum atomic E-state index is 12.6. The highest BCUT2D eigenvalue weighted by molar-refractivity contribution is 7.10. The molecule has 0 saturated carbocycles. The Kier molecular flexibility index (Phi) is 4.40. The number of carbonyl (C=O) groups excluding carboxylic acids is 2. The Morgan fingerprint density at radius 2 is 2.05 bits per heavy atom. The van der Waals surface area contributed by atoms with Crippen LogP contribution in [0.25, 0.3) is 0 Å². The molecule has 2 aliphatic rings. The van der Waals surface area contributed by atoms with Crippen LogP contribution in [0.3, 0.4) is 0 Å². The van der Waals surface area contributed by atoms with Gasteiger partial charge in [-0.3, -0.25) is 14.9 Å². The number of amides is 2. The largest absolute Gasteiger partial charge is 0.303 e. The van der Waals surface area contributed by atoms with Crippen molar-refractivity contribution in [2.24, 2.45) is 0 Å². The molecular weight excluding hydrogens is 284 g/mol. The molecule has 1 aromatic heterocycles. The van der Waals surface area contributed by atoms with E-state index in [1.54, 1.807) is 11.3 Å². The Labute approximate surface area is 129 Å². The molecule has 1 aromatic rings. The number of hydrogen-bond acceptors (Lipinski definition) is 4. The number of rotatable bonds is 4. The second-order valence-corrected chi connectivity index (χ2v) is 7.04. The molecule has 1 atom stereocenters. The zero-order valence-corrected chi connectivity index (χ0v) is 13.1. The summed E-state index contributed by atoms with van der Waals surface area (Å²) in [5.74, 6) is -0.233. The van der Waals surface area contributed by atoms with E-state index in [4.69, 9.17) is 0 Å². The predicted octanol–water partition coefficient (Wildman–Crippen LogP) is 2.30. The van der Waals surface area contributed by atoms with Gasteiger partial charge >= 0.3 is 0 Å². The van der Waals surface area contributed by atoms with Gasteiger partial charge in [0.1, 0.15) is 0 Å². The second-order valence-electron chi connectivity index (χ2n) is 6.09. The first-order valence-electron chi connectivity index (χ1n) is 7.81. The van der Waals surface area contributed by atoms with Gasteiger partial charge in [0.25, 0.3) is 0 Å². The number of carbonyl (C=O) groups is 2. The molecule has 2 aliphatic heterocycles. The zero-order chi connectivity index (χ0) is 14.7. The van der Waals surface area contributed by atoms with Crippen LogP contribution in [-0.4, -0.2) is 36.3 Å². The summed E-state index contributed by atoms with van der Waals surface area (Å²) in [4.78, 5) is 27.6. The van der Waals surface area contributed by atoms with Crippen LogP contribution in [0.15, 0.2) is 17.5 Å². The van der Waals surface area contributed by atoms with Crippen molar-refractivity contribution in [3.05, 3.63) is 22.4 Å². The Morgan fingerprint density at radius 3 is 2.71 bits per heavy atom. The van der Waals surface area contributed by atoms with Crippen LogP contribution in [0.4, 0.5) is 0 Å². The van der Waals surface area contributed by atoms with Crippen molar-refractivity contribution in [2.45, 2.75) is 43.9 Å². The average Bonchev–Trinajstić information content (AvgIpc) is 3.03. The quantitative estimate of drug-likeness (QED) is 0.868. The van der Waals surface area contributed by atoms with Crippen LogP contribution >= 0.6 is 11.3 Å². The monoisotopic (exact) mass is 306 g/mol.